The van der Waals surface area contributed by atoms with Crippen molar-refractivity contribution in [2.24, 2.45) is 23.7 Å². The van der Waals surface area contributed by atoms with E-state index < -0.39 is 0 Å². The smallest absolute Gasteiger partial charge is 0.238 e. The van der Waals surface area contributed by atoms with E-state index in [0.717, 1.165) is 6.54 Å². The van der Waals surface area contributed by atoms with Crippen molar-refractivity contribution in [2.45, 2.75) is 52.2 Å². The summed E-state index contributed by atoms with van der Waals surface area (Å²) in [6.07, 6.45) is 6.60. The molecule has 0 radical (unpaired) electrons. The lowest BCUT2D eigenvalue weighted by Gasteiger charge is -2.42. The SMILES string of the molecule is CC(C)[C@H]1CC(=O)N([C@H]2[C@H](C)[C@H]3C=C[C@@H]2C3)N1Cc1cccc2ccccc12. The van der Waals surface area contributed by atoms with Crippen LogP contribution in [0.15, 0.2) is 54.6 Å². The highest BCUT2D eigenvalue weighted by atomic mass is 16.2. The zero-order chi connectivity index (χ0) is 19.4. The maximum Gasteiger partial charge on any atom is 0.238 e. The van der Waals surface area contributed by atoms with Crippen molar-refractivity contribution in [3.05, 3.63) is 60.2 Å². The van der Waals surface area contributed by atoms with Gasteiger partial charge in [0.05, 0.1) is 6.04 Å². The molecule has 0 unspecified atom stereocenters. The topological polar surface area (TPSA) is 23.6 Å². The lowest BCUT2D eigenvalue weighted by molar-refractivity contribution is -0.150. The second-order valence-corrected chi connectivity index (χ2v) is 9.29. The van der Waals surface area contributed by atoms with E-state index in [4.69, 9.17) is 0 Å². The van der Waals surface area contributed by atoms with E-state index in [-0.39, 0.29) is 6.04 Å². The van der Waals surface area contributed by atoms with E-state index in [1.54, 1.807) is 0 Å². The summed E-state index contributed by atoms with van der Waals surface area (Å²) in [5.41, 5.74) is 1.31. The Morgan fingerprint density at radius 1 is 1.04 bits per heavy atom. The fourth-order valence-electron chi connectivity index (χ4n) is 5.84. The molecule has 2 fully saturated rings. The average Bonchev–Trinajstić information content (AvgIpc) is 3.36. The van der Waals surface area contributed by atoms with Crippen LogP contribution in [0.1, 0.15) is 39.2 Å². The minimum absolute atomic E-state index is 0.279. The maximum atomic E-state index is 13.2. The number of fused-ring (bicyclic) bond motifs is 3. The van der Waals surface area contributed by atoms with Gasteiger partial charge in [-0.3, -0.25) is 9.80 Å². The van der Waals surface area contributed by atoms with Gasteiger partial charge in [0, 0.05) is 19.0 Å². The van der Waals surface area contributed by atoms with Gasteiger partial charge in [0.25, 0.3) is 0 Å². The standard InChI is InChI=1S/C25H30N2O/c1-16(2)23-14-24(28)27(25-17(3)19-11-12-20(25)13-19)26(23)15-21-9-6-8-18-7-4-5-10-22(18)21/h4-12,16-17,19-20,23,25H,13-15H2,1-3H3/t17-,19+,20-,23-,25+/m1/s1. The molecule has 2 bridgehead atoms. The van der Waals surface area contributed by atoms with Crippen LogP contribution in [0.5, 0.6) is 0 Å². The van der Waals surface area contributed by atoms with Gasteiger partial charge in [-0.15, -0.1) is 0 Å². The molecule has 3 heteroatoms. The Morgan fingerprint density at radius 2 is 1.79 bits per heavy atom. The van der Waals surface area contributed by atoms with Gasteiger partial charge in [0.15, 0.2) is 0 Å². The van der Waals surface area contributed by atoms with E-state index >= 15 is 0 Å². The molecule has 3 nitrogen and oxygen atoms in total. The Kier molecular flexibility index (Phi) is 4.31. The molecule has 1 saturated carbocycles. The summed E-state index contributed by atoms with van der Waals surface area (Å²) in [5, 5.41) is 7.18. The molecule has 146 valence electrons. The lowest BCUT2D eigenvalue weighted by atomic mass is 9.90. The lowest BCUT2D eigenvalue weighted by Crippen LogP contribution is -2.52. The van der Waals surface area contributed by atoms with Crippen molar-refractivity contribution in [1.29, 1.82) is 0 Å². The second-order valence-electron chi connectivity index (χ2n) is 9.29. The van der Waals surface area contributed by atoms with Crippen molar-refractivity contribution in [2.75, 3.05) is 0 Å². The van der Waals surface area contributed by atoms with E-state index in [1.807, 2.05) is 0 Å². The molecule has 1 saturated heterocycles. The first-order chi connectivity index (χ1) is 13.5. The summed E-state index contributed by atoms with van der Waals surface area (Å²) >= 11 is 0. The zero-order valence-corrected chi connectivity index (χ0v) is 17.1. The molecular formula is C25H30N2O. The average molecular weight is 375 g/mol. The maximum absolute atomic E-state index is 13.2. The molecule has 0 aromatic heterocycles. The molecule has 2 aliphatic carbocycles. The third kappa shape index (κ3) is 2.71. The Balaban J connectivity index is 1.53. The van der Waals surface area contributed by atoms with Crippen LogP contribution in [0, 0.1) is 23.7 Å². The number of benzene rings is 2. The Bertz CT molecular complexity index is 928. The van der Waals surface area contributed by atoms with Crippen LogP contribution >= 0.6 is 0 Å². The highest BCUT2D eigenvalue weighted by Crippen LogP contribution is 2.48. The number of hydrogen-bond acceptors (Lipinski definition) is 2. The first-order valence-corrected chi connectivity index (χ1v) is 10.8. The minimum Gasteiger partial charge on any atom is -0.273 e. The van der Waals surface area contributed by atoms with Crippen LogP contribution in [-0.4, -0.2) is 28.0 Å². The predicted molar refractivity (Wildman–Crippen MR) is 113 cm³/mol. The number of carbonyl (C=O) groups is 1. The van der Waals surface area contributed by atoms with E-state index in [1.165, 1.54) is 22.8 Å². The molecule has 2 aromatic rings. The van der Waals surface area contributed by atoms with Crippen molar-refractivity contribution in [3.8, 4) is 0 Å². The predicted octanol–water partition coefficient (Wildman–Crippen LogP) is 5.02. The third-order valence-corrected chi connectivity index (χ3v) is 7.37. The van der Waals surface area contributed by atoms with Gasteiger partial charge >= 0.3 is 0 Å². The van der Waals surface area contributed by atoms with Crippen LogP contribution in [0.4, 0.5) is 0 Å². The normalized spacial score (nSPS) is 32.4. The van der Waals surface area contributed by atoms with E-state index in [0.29, 0.717) is 42.0 Å². The highest BCUT2D eigenvalue weighted by Gasteiger charge is 2.52. The molecule has 3 aliphatic rings. The summed E-state index contributed by atoms with van der Waals surface area (Å²) in [6.45, 7) is 7.65. The first-order valence-electron chi connectivity index (χ1n) is 10.8. The fraction of sp³-hybridized carbons (Fsp3) is 0.480. The monoisotopic (exact) mass is 374 g/mol. The molecule has 5 atom stereocenters. The number of amides is 1. The van der Waals surface area contributed by atoms with Crippen molar-refractivity contribution in [3.63, 3.8) is 0 Å². The zero-order valence-electron chi connectivity index (χ0n) is 17.1. The molecule has 1 aliphatic heterocycles. The molecule has 0 N–H and O–H groups in total. The number of hydrogen-bond donors (Lipinski definition) is 0. The van der Waals surface area contributed by atoms with Crippen LogP contribution in [-0.2, 0) is 11.3 Å². The Morgan fingerprint density at radius 3 is 2.54 bits per heavy atom. The first kappa shape index (κ1) is 17.9. The highest BCUT2D eigenvalue weighted by molar-refractivity contribution is 5.85. The van der Waals surface area contributed by atoms with Crippen molar-refractivity contribution >= 4 is 16.7 Å². The molecule has 0 spiro atoms. The molecule has 1 amide bonds. The number of hydrazine groups is 1. The van der Waals surface area contributed by atoms with Gasteiger partial charge in [-0.05, 0) is 46.4 Å². The third-order valence-electron chi connectivity index (χ3n) is 7.37. The van der Waals surface area contributed by atoms with Crippen LogP contribution in [0.2, 0.25) is 0 Å². The van der Waals surface area contributed by atoms with Crippen LogP contribution in [0.25, 0.3) is 10.8 Å². The summed E-state index contributed by atoms with van der Waals surface area (Å²) in [6, 6.07) is 15.7. The number of rotatable bonds is 4. The van der Waals surface area contributed by atoms with Crippen molar-refractivity contribution in [1.82, 2.24) is 10.0 Å². The fourth-order valence-corrected chi connectivity index (χ4v) is 5.84. The summed E-state index contributed by atoms with van der Waals surface area (Å²) in [7, 11) is 0. The molecule has 28 heavy (non-hydrogen) atoms. The van der Waals surface area contributed by atoms with Gasteiger partial charge in [0.2, 0.25) is 5.91 Å². The second kappa shape index (κ2) is 6.73. The van der Waals surface area contributed by atoms with Gasteiger partial charge < -0.3 is 0 Å². The van der Waals surface area contributed by atoms with E-state index in [9.17, 15) is 4.79 Å². The van der Waals surface area contributed by atoms with Crippen molar-refractivity contribution < 1.29 is 4.79 Å². The summed E-state index contributed by atoms with van der Waals surface area (Å²) in [4.78, 5) is 13.2. The van der Waals surface area contributed by atoms with Crippen LogP contribution < -0.4 is 0 Å². The number of allylic oxidation sites excluding steroid dienone is 1. The molecule has 5 rings (SSSR count). The quantitative estimate of drug-likeness (QED) is 0.701. The Labute approximate surface area is 168 Å². The van der Waals surface area contributed by atoms with E-state index in [2.05, 4.69) is 85.4 Å². The molecule has 1 heterocycles. The molecular weight excluding hydrogens is 344 g/mol. The summed E-state index contributed by atoms with van der Waals surface area (Å²) in [5.74, 6) is 2.47. The largest absolute Gasteiger partial charge is 0.273 e. The number of carbonyl (C=O) groups excluding carboxylic acids is 1. The Hall–Kier alpha value is -2.13. The minimum atomic E-state index is 0.279. The van der Waals surface area contributed by atoms with Gasteiger partial charge in [-0.1, -0.05) is 75.4 Å². The van der Waals surface area contributed by atoms with Crippen LogP contribution in [0.3, 0.4) is 0 Å². The van der Waals surface area contributed by atoms with Gasteiger partial charge in [-0.25, -0.2) is 5.01 Å². The molecule has 2 aromatic carbocycles. The van der Waals surface area contributed by atoms with Gasteiger partial charge in [-0.2, -0.15) is 0 Å². The summed E-state index contributed by atoms with van der Waals surface area (Å²) < 4.78 is 0. The van der Waals surface area contributed by atoms with Gasteiger partial charge in [0.1, 0.15) is 0 Å². The number of nitrogens with zero attached hydrogens (tertiary/aromatic N) is 2.